The molecule has 0 aromatic rings. The molecule has 0 unspecified atom stereocenters. The van der Waals surface area contributed by atoms with Gasteiger partial charge in [-0.15, -0.1) is 0 Å². The van der Waals surface area contributed by atoms with Crippen molar-refractivity contribution in [1.29, 1.82) is 0 Å². The summed E-state index contributed by atoms with van der Waals surface area (Å²) < 4.78 is 4.75. The van der Waals surface area contributed by atoms with E-state index in [1.165, 1.54) is 7.11 Å². The van der Waals surface area contributed by atoms with Crippen LogP contribution in [-0.2, 0) is 4.74 Å². The van der Waals surface area contributed by atoms with E-state index in [9.17, 15) is 20.4 Å². The molecule has 1 aliphatic carbocycles. The van der Waals surface area contributed by atoms with Gasteiger partial charge in [0.05, 0.1) is 6.04 Å². The lowest BCUT2D eigenvalue weighted by molar-refractivity contribution is -0.193. The molecule has 1 rings (SSSR count). The normalized spacial score (nSPS) is 52.2. The first kappa shape index (κ1) is 10.8. The quantitative estimate of drug-likeness (QED) is 0.299. The van der Waals surface area contributed by atoms with E-state index >= 15 is 0 Å². The number of aliphatic hydroxyl groups is 4. The maximum absolute atomic E-state index is 9.41. The zero-order valence-corrected chi connectivity index (χ0v) is 7.24. The Bertz CT molecular complexity index is 162. The van der Waals surface area contributed by atoms with Gasteiger partial charge in [-0.3, -0.25) is 0 Å². The van der Waals surface area contributed by atoms with Crippen LogP contribution < -0.4 is 5.73 Å². The summed E-state index contributed by atoms with van der Waals surface area (Å²) in [5.74, 6) is 0. The Kier molecular flexibility index (Phi) is 3.23. The highest BCUT2D eigenvalue weighted by Gasteiger charge is 2.47. The molecule has 0 heterocycles. The highest BCUT2D eigenvalue weighted by atomic mass is 16.5. The van der Waals surface area contributed by atoms with Crippen LogP contribution in [0.25, 0.3) is 0 Å². The number of ether oxygens (including phenoxy) is 1. The Balaban J connectivity index is 2.79. The van der Waals surface area contributed by atoms with Crippen molar-refractivity contribution < 1.29 is 25.2 Å². The summed E-state index contributed by atoms with van der Waals surface area (Å²) in [4.78, 5) is 0. The summed E-state index contributed by atoms with van der Waals surface area (Å²) in [5, 5.41) is 37.3. The predicted octanol–water partition coefficient (Wildman–Crippen LogP) is -3.21. The molecule has 0 spiro atoms. The van der Waals surface area contributed by atoms with Crippen LogP contribution in [0.5, 0.6) is 0 Å². The van der Waals surface area contributed by atoms with Gasteiger partial charge in [-0.05, 0) is 0 Å². The molecule has 6 N–H and O–H groups in total. The Morgan fingerprint density at radius 1 is 0.923 bits per heavy atom. The summed E-state index contributed by atoms with van der Waals surface area (Å²) >= 11 is 0. The fourth-order valence-electron chi connectivity index (χ4n) is 1.53. The molecule has 1 aliphatic rings. The molecule has 0 radical (unpaired) electrons. The van der Waals surface area contributed by atoms with Crippen LogP contribution in [0.2, 0.25) is 0 Å². The largest absolute Gasteiger partial charge is 0.389 e. The molecule has 78 valence electrons. The van der Waals surface area contributed by atoms with E-state index in [2.05, 4.69) is 0 Å². The van der Waals surface area contributed by atoms with Gasteiger partial charge >= 0.3 is 0 Å². The van der Waals surface area contributed by atoms with Crippen LogP contribution in [0.15, 0.2) is 0 Å². The number of methoxy groups -OCH3 is 1. The lowest BCUT2D eigenvalue weighted by atomic mass is 9.83. The second-order valence-electron chi connectivity index (χ2n) is 3.24. The zero-order valence-electron chi connectivity index (χ0n) is 7.24. The fourth-order valence-corrected chi connectivity index (χ4v) is 1.53. The van der Waals surface area contributed by atoms with Crippen molar-refractivity contribution in [3.05, 3.63) is 0 Å². The van der Waals surface area contributed by atoms with Crippen molar-refractivity contribution in [2.75, 3.05) is 7.11 Å². The van der Waals surface area contributed by atoms with Crippen molar-refractivity contribution in [3.8, 4) is 0 Å². The third-order valence-electron chi connectivity index (χ3n) is 2.43. The van der Waals surface area contributed by atoms with Crippen LogP contribution in [0.1, 0.15) is 0 Å². The molecule has 13 heavy (non-hydrogen) atoms. The summed E-state index contributed by atoms with van der Waals surface area (Å²) in [6, 6.07) is -1.01. The Hall–Kier alpha value is -0.240. The van der Waals surface area contributed by atoms with Gasteiger partial charge in [0, 0.05) is 7.11 Å². The van der Waals surface area contributed by atoms with Crippen molar-refractivity contribution in [3.63, 3.8) is 0 Å². The molecule has 0 bridgehead atoms. The van der Waals surface area contributed by atoms with Gasteiger partial charge in [-0.2, -0.15) is 0 Å². The Labute approximate surface area is 75.6 Å². The van der Waals surface area contributed by atoms with Crippen LogP contribution in [-0.4, -0.2) is 64.1 Å². The third kappa shape index (κ3) is 1.69. The minimum Gasteiger partial charge on any atom is -0.389 e. The van der Waals surface area contributed by atoms with Crippen LogP contribution in [0, 0.1) is 0 Å². The van der Waals surface area contributed by atoms with Gasteiger partial charge in [0.25, 0.3) is 0 Å². The van der Waals surface area contributed by atoms with E-state index in [4.69, 9.17) is 10.5 Å². The maximum atomic E-state index is 9.41. The summed E-state index contributed by atoms with van der Waals surface area (Å²) in [6.45, 7) is 0. The number of hydrogen-bond donors (Lipinski definition) is 5. The first-order valence-electron chi connectivity index (χ1n) is 4.01. The number of aliphatic hydroxyl groups excluding tert-OH is 4. The lowest BCUT2D eigenvalue weighted by Crippen LogP contribution is -2.66. The first-order chi connectivity index (χ1) is 6.00. The summed E-state index contributed by atoms with van der Waals surface area (Å²) in [7, 11) is 1.29. The minimum atomic E-state index is -1.39. The molecule has 0 aliphatic heterocycles. The lowest BCUT2D eigenvalue weighted by Gasteiger charge is -2.41. The zero-order chi connectivity index (χ0) is 10.2. The van der Waals surface area contributed by atoms with E-state index in [0.717, 1.165) is 0 Å². The van der Waals surface area contributed by atoms with Gasteiger partial charge in [0.2, 0.25) is 0 Å². The van der Waals surface area contributed by atoms with Crippen molar-refractivity contribution in [2.24, 2.45) is 5.73 Å². The fraction of sp³-hybridized carbons (Fsp3) is 1.00. The van der Waals surface area contributed by atoms with Crippen LogP contribution >= 0.6 is 0 Å². The van der Waals surface area contributed by atoms with Crippen molar-refractivity contribution >= 4 is 0 Å². The first-order valence-corrected chi connectivity index (χ1v) is 4.01. The second-order valence-corrected chi connectivity index (χ2v) is 3.24. The molecule has 0 aromatic heterocycles. The number of rotatable bonds is 1. The maximum Gasteiger partial charge on any atom is 0.113 e. The Morgan fingerprint density at radius 2 is 1.46 bits per heavy atom. The highest BCUT2D eigenvalue weighted by molar-refractivity contribution is 5.01. The van der Waals surface area contributed by atoms with Crippen LogP contribution in [0.4, 0.5) is 0 Å². The molecule has 6 heteroatoms. The Morgan fingerprint density at radius 3 is 1.92 bits per heavy atom. The van der Waals surface area contributed by atoms with E-state index in [1.807, 2.05) is 0 Å². The topological polar surface area (TPSA) is 116 Å². The number of nitrogens with two attached hydrogens (primary N) is 1. The van der Waals surface area contributed by atoms with E-state index in [0.29, 0.717) is 0 Å². The molecular formula is C7H15NO5. The van der Waals surface area contributed by atoms with Crippen molar-refractivity contribution in [1.82, 2.24) is 0 Å². The van der Waals surface area contributed by atoms with E-state index < -0.39 is 36.6 Å². The predicted molar refractivity (Wildman–Crippen MR) is 42.8 cm³/mol. The van der Waals surface area contributed by atoms with E-state index in [1.54, 1.807) is 0 Å². The molecule has 6 nitrogen and oxygen atoms in total. The second kappa shape index (κ2) is 3.87. The van der Waals surface area contributed by atoms with Crippen LogP contribution in [0.3, 0.4) is 0 Å². The van der Waals surface area contributed by atoms with Gasteiger partial charge in [-0.25, -0.2) is 0 Å². The van der Waals surface area contributed by atoms with Gasteiger partial charge in [0.15, 0.2) is 0 Å². The molecule has 1 fully saturated rings. The standard InChI is InChI=1S/C7H15NO5/c1-13-7-4(10)2(8)3(9)5(11)6(7)12/h2-7,9-12H,8H2,1H3/t2-,3-,4+,5+,6-,7-/m0/s1. The molecule has 1 saturated carbocycles. The average Bonchev–Trinajstić information content (AvgIpc) is 2.13. The van der Waals surface area contributed by atoms with Gasteiger partial charge in [-0.1, -0.05) is 0 Å². The molecular weight excluding hydrogens is 178 g/mol. The smallest absolute Gasteiger partial charge is 0.113 e. The monoisotopic (exact) mass is 193 g/mol. The molecule has 0 aromatic carbocycles. The van der Waals surface area contributed by atoms with Crippen molar-refractivity contribution in [2.45, 2.75) is 36.6 Å². The van der Waals surface area contributed by atoms with E-state index in [-0.39, 0.29) is 0 Å². The average molecular weight is 193 g/mol. The van der Waals surface area contributed by atoms with Gasteiger partial charge < -0.3 is 30.9 Å². The summed E-state index contributed by atoms with van der Waals surface area (Å²) in [5.41, 5.74) is 5.39. The third-order valence-corrected chi connectivity index (χ3v) is 2.43. The summed E-state index contributed by atoms with van der Waals surface area (Å²) in [6.07, 6.45) is -6.19. The molecule has 0 saturated heterocycles. The minimum absolute atomic E-state index is 0.964. The molecule has 6 atom stereocenters. The highest BCUT2D eigenvalue weighted by Crippen LogP contribution is 2.21. The SMILES string of the molecule is CO[C@H]1[C@H](O)[C@@H](N)[C@H](O)[C@@H](O)[C@@H]1O. The van der Waals surface area contributed by atoms with Gasteiger partial charge in [0.1, 0.15) is 30.5 Å². The number of hydrogen-bond acceptors (Lipinski definition) is 6. The molecule has 0 amide bonds.